The smallest absolute Gasteiger partial charge is 0.239 e. The van der Waals surface area contributed by atoms with E-state index in [1.54, 1.807) is 16.8 Å². The highest BCUT2D eigenvalue weighted by Gasteiger charge is 2.27. The summed E-state index contributed by atoms with van der Waals surface area (Å²) in [6.07, 6.45) is 5.79. The van der Waals surface area contributed by atoms with Crippen LogP contribution in [0, 0.1) is 5.82 Å². The molecule has 5 rings (SSSR count). The van der Waals surface area contributed by atoms with Crippen LogP contribution in [-0.2, 0) is 4.79 Å². The lowest BCUT2D eigenvalue weighted by Crippen LogP contribution is -2.49. The number of nitrogens with zero attached hydrogens (tertiary/aromatic N) is 4. The molecule has 1 saturated heterocycles. The van der Waals surface area contributed by atoms with Crippen molar-refractivity contribution < 1.29 is 9.18 Å². The fourth-order valence-electron chi connectivity index (χ4n) is 4.86. The molecule has 9 heteroatoms. The van der Waals surface area contributed by atoms with Crippen LogP contribution >= 0.6 is 23.2 Å². The Morgan fingerprint density at radius 1 is 1.24 bits per heavy atom. The van der Waals surface area contributed by atoms with E-state index in [1.807, 2.05) is 30.0 Å². The number of rotatable bonds is 4. The maximum atomic E-state index is 15.0. The quantitative estimate of drug-likeness (QED) is 0.530. The molecule has 0 radical (unpaired) electrons. The molecule has 2 atom stereocenters. The zero-order valence-electron chi connectivity index (χ0n) is 18.9. The Morgan fingerprint density at radius 3 is 2.79 bits per heavy atom. The van der Waals surface area contributed by atoms with Crippen LogP contribution in [-0.4, -0.2) is 51.5 Å². The number of carbonyl (C=O) groups is 1. The molecule has 1 unspecified atom stereocenters. The van der Waals surface area contributed by atoms with Crippen molar-refractivity contribution in [2.75, 3.05) is 19.6 Å². The minimum Gasteiger partial charge on any atom is -0.337 e. The van der Waals surface area contributed by atoms with Crippen LogP contribution in [0.4, 0.5) is 4.39 Å². The van der Waals surface area contributed by atoms with E-state index in [1.165, 1.54) is 6.07 Å². The van der Waals surface area contributed by atoms with Crippen molar-refractivity contribution in [1.82, 2.24) is 25.2 Å². The van der Waals surface area contributed by atoms with E-state index >= 15 is 4.39 Å². The molecule has 1 aromatic heterocycles. The third-order valence-corrected chi connectivity index (χ3v) is 7.37. The molecule has 3 heterocycles. The van der Waals surface area contributed by atoms with Crippen LogP contribution in [0.1, 0.15) is 49.8 Å². The van der Waals surface area contributed by atoms with Gasteiger partial charge >= 0.3 is 0 Å². The number of halogens is 3. The molecule has 178 valence electrons. The summed E-state index contributed by atoms with van der Waals surface area (Å²) in [7, 11) is 0. The van der Waals surface area contributed by atoms with Gasteiger partial charge in [-0.25, -0.2) is 9.07 Å². The van der Waals surface area contributed by atoms with E-state index in [0.717, 1.165) is 42.5 Å². The first-order valence-electron chi connectivity index (χ1n) is 11.6. The Balaban J connectivity index is 1.41. The van der Waals surface area contributed by atoms with Crippen molar-refractivity contribution >= 4 is 45.7 Å². The summed E-state index contributed by atoms with van der Waals surface area (Å²) < 4.78 is 16.7. The minimum atomic E-state index is -0.418. The van der Waals surface area contributed by atoms with Crippen molar-refractivity contribution in [2.24, 2.45) is 0 Å². The van der Waals surface area contributed by atoms with Crippen LogP contribution in [0.2, 0.25) is 10.0 Å². The SMILES string of the molecule is C[C@H](c1ccc(Cl)cc1Cl)n1nnc2c(F)cc(C3=CCN(C(=O)C4CCCCN4)CC3)cc21. The van der Waals surface area contributed by atoms with Crippen molar-refractivity contribution in [3.63, 3.8) is 0 Å². The van der Waals surface area contributed by atoms with Crippen LogP contribution < -0.4 is 5.32 Å². The summed E-state index contributed by atoms with van der Waals surface area (Å²) in [5, 5.41) is 12.7. The van der Waals surface area contributed by atoms with Crippen LogP contribution in [0.15, 0.2) is 36.4 Å². The molecule has 1 amide bonds. The van der Waals surface area contributed by atoms with Gasteiger partial charge in [0.1, 0.15) is 5.52 Å². The molecule has 2 aliphatic heterocycles. The summed E-state index contributed by atoms with van der Waals surface area (Å²) in [5.74, 6) is -0.258. The Kier molecular flexibility index (Phi) is 6.60. The largest absolute Gasteiger partial charge is 0.337 e. The van der Waals surface area contributed by atoms with E-state index in [0.29, 0.717) is 35.1 Å². The van der Waals surface area contributed by atoms with Gasteiger partial charge in [-0.1, -0.05) is 47.0 Å². The first-order valence-corrected chi connectivity index (χ1v) is 12.4. The van der Waals surface area contributed by atoms with Gasteiger partial charge in [0.25, 0.3) is 0 Å². The lowest BCUT2D eigenvalue weighted by molar-refractivity contribution is -0.133. The summed E-state index contributed by atoms with van der Waals surface area (Å²) in [5.41, 5.74) is 3.44. The van der Waals surface area contributed by atoms with Gasteiger partial charge < -0.3 is 10.2 Å². The molecule has 0 bridgehead atoms. The highest BCUT2D eigenvalue weighted by Crippen LogP contribution is 2.32. The molecule has 1 fully saturated rings. The highest BCUT2D eigenvalue weighted by molar-refractivity contribution is 6.35. The molecular weight excluding hydrogens is 476 g/mol. The first kappa shape index (κ1) is 23.3. The number of hydrogen-bond acceptors (Lipinski definition) is 4. The van der Waals surface area contributed by atoms with E-state index < -0.39 is 5.82 Å². The minimum absolute atomic E-state index is 0.0842. The lowest BCUT2D eigenvalue weighted by Gasteiger charge is -2.32. The number of aromatic nitrogens is 3. The predicted molar refractivity (Wildman–Crippen MR) is 133 cm³/mol. The molecule has 1 N–H and O–H groups in total. The molecule has 0 aliphatic carbocycles. The summed E-state index contributed by atoms with van der Waals surface area (Å²) in [4.78, 5) is 14.7. The monoisotopic (exact) mass is 501 g/mol. The van der Waals surface area contributed by atoms with Crippen molar-refractivity contribution in [2.45, 2.75) is 44.7 Å². The predicted octanol–water partition coefficient (Wildman–Crippen LogP) is 5.24. The van der Waals surface area contributed by atoms with Crippen LogP contribution in [0.5, 0.6) is 0 Å². The second-order valence-corrected chi connectivity index (χ2v) is 9.81. The molecule has 3 aromatic rings. The number of amides is 1. The van der Waals surface area contributed by atoms with Gasteiger partial charge in [0.05, 0.1) is 17.6 Å². The van der Waals surface area contributed by atoms with E-state index in [2.05, 4.69) is 15.6 Å². The van der Waals surface area contributed by atoms with E-state index in [4.69, 9.17) is 23.2 Å². The zero-order valence-corrected chi connectivity index (χ0v) is 20.4. The maximum Gasteiger partial charge on any atom is 0.239 e. The first-order chi connectivity index (χ1) is 16.4. The van der Waals surface area contributed by atoms with Crippen molar-refractivity contribution in [1.29, 1.82) is 0 Å². The zero-order chi connectivity index (χ0) is 23.8. The molecule has 34 heavy (non-hydrogen) atoms. The fraction of sp³-hybridized carbons (Fsp3) is 0.400. The number of benzene rings is 2. The Hall–Kier alpha value is -2.48. The third-order valence-electron chi connectivity index (χ3n) is 6.81. The van der Waals surface area contributed by atoms with E-state index in [9.17, 15) is 4.79 Å². The number of hydrogen-bond donors (Lipinski definition) is 1. The average molecular weight is 502 g/mol. The Morgan fingerprint density at radius 2 is 2.09 bits per heavy atom. The van der Waals surface area contributed by atoms with Crippen LogP contribution in [0.25, 0.3) is 16.6 Å². The third kappa shape index (κ3) is 4.44. The van der Waals surface area contributed by atoms with Gasteiger partial charge in [0, 0.05) is 23.1 Å². The van der Waals surface area contributed by atoms with E-state index in [-0.39, 0.29) is 23.5 Å². The van der Waals surface area contributed by atoms with Gasteiger partial charge in [-0.3, -0.25) is 4.79 Å². The average Bonchev–Trinajstić information content (AvgIpc) is 3.28. The Labute approximate surface area is 207 Å². The normalized spacial score (nSPS) is 19.8. The second-order valence-electron chi connectivity index (χ2n) is 8.97. The number of fused-ring (bicyclic) bond motifs is 1. The van der Waals surface area contributed by atoms with Crippen molar-refractivity contribution in [3.05, 3.63) is 63.4 Å². The summed E-state index contributed by atoms with van der Waals surface area (Å²) in [6.45, 7) is 3.99. The summed E-state index contributed by atoms with van der Waals surface area (Å²) in [6, 6.07) is 8.38. The van der Waals surface area contributed by atoms with Gasteiger partial charge in [-0.15, -0.1) is 5.10 Å². The molecule has 0 saturated carbocycles. The summed E-state index contributed by atoms with van der Waals surface area (Å²) >= 11 is 12.4. The molecule has 2 aromatic carbocycles. The van der Waals surface area contributed by atoms with Gasteiger partial charge in [0.15, 0.2) is 5.82 Å². The number of nitrogens with one attached hydrogen (secondary N) is 1. The molecule has 2 aliphatic rings. The highest BCUT2D eigenvalue weighted by atomic mass is 35.5. The van der Waals surface area contributed by atoms with Crippen LogP contribution in [0.3, 0.4) is 0 Å². The molecule has 6 nitrogen and oxygen atoms in total. The van der Waals surface area contributed by atoms with Gasteiger partial charge in [0.2, 0.25) is 5.91 Å². The topological polar surface area (TPSA) is 63.1 Å². The number of piperidine rings is 1. The van der Waals surface area contributed by atoms with Crippen molar-refractivity contribution in [3.8, 4) is 0 Å². The fourth-order valence-corrected chi connectivity index (χ4v) is 5.42. The van der Waals surface area contributed by atoms with Gasteiger partial charge in [-0.05, 0) is 73.7 Å². The lowest BCUT2D eigenvalue weighted by atomic mass is 9.97. The number of carbonyl (C=O) groups excluding carboxylic acids is 1. The molecule has 0 spiro atoms. The second kappa shape index (κ2) is 9.64. The molecular formula is C25H26Cl2FN5O. The standard InChI is InChI=1S/C25H26Cl2FN5O/c1-15(19-6-5-18(26)14-20(19)27)33-23-13-17(12-21(28)24(23)30-31-33)16-7-10-32(11-8-16)25(34)22-4-2-3-9-29-22/h5-7,12-15,22,29H,2-4,8-11H2,1H3/t15-,22?/m1/s1. The van der Waals surface area contributed by atoms with Gasteiger partial charge in [-0.2, -0.15) is 0 Å². The maximum absolute atomic E-state index is 15.0. The Bertz CT molecular complexity index is 1270.